The molecule has 0 aliphatic rings. The van der Waals surface area contributed by atoms with Gasteiger partial charge in [0.15, 0.2) is 5.76 Å². The van der Waals surface area contributed by atoms with Crippen molar-refractivity contribution in [3.63, 3.8) is 0 Å². The number of pyridine rings is 1. The number of carbonyl (C=O) groups is 1. The molecule has 0 amide bonds. The van der Waals surface area contributed by atoms with Crippen LogP contribution in [-0.2, 0) is 0 Å². The van der Waals surface area contributed by atoms with Crippen LogP contribution in [0, 0.1) is 10.1 Å². The van der Waals surface area contributed by atoms with E-state index >= 15 is 0 Å². The Labute approximate surface area is 140 Å². The van der Waals surface area contributed by atoms with Gasteiger partial charge in [-0.25, -0.2) is 9.78 Å². The Kier molecular flexibility index (Phi) is 3.21. The van der Waals surface area contributed by atoms with Gasteiger partial charge in [0.05, 0.1) is 16.0 Å². The summed E-state index contributed by atoms with van der Waals surface area (Å²) in [6, 6.07) is 14.5. The second kappa shape index (κ2) is 5.41. The van der Waals surface area contributed by atoms with Crippen molar-refractivity contribution < 1.29 is 19.2 Å². The van der Waals surface area contributed by atoms with Gasteiger partial charge < -0.3 is 9.52 Å². The molecule has 0 fully saturated rings. The number of non-ortho nitro benzene ring substituents is 1. The van der Waals surface area contributed by atoms with Gasteiger partial charge in [-0.2, -0.15) is 0 Å². The van der Waals surface area contributed by atoms with Crippen LogP contribution in [0.2, 0.25) is 0 Å². The maximum Gasteiger partial charge on any atom is 0.338 e. The molecule has 2 heterocycles. The third-order valence-corrected chi connectivity index (χ3v) is 3.90. The number of hydrogen-bond acceptors (Lipinski definition) is 5. The van der Waals surface area contributed by atoms with Gasteiger partial charge in [-0.15, -0.1) is 0 Å². The third kappa shape index (κ3) is 2.47. The van der Waals surface area contributed by atoms with E-state index in [4.69, 9.17) is 4.42 Å². The Balaban J connectivity index is 1.96. The number of benzene rings is 2. The number of nitro groups is 1. The summed E-state index contributed by atoms with van der Waals surface area (Å²) < 4.78 is 5.68. The smallest absolute Gasteiger partial charge is 0.338 e. The lowest BCUT2D eigenvalue weighted by Gasteiger charge is -2.05. The average Bonchev–Trinajstić information content (AvgIpc) is 3.03. The second-order valence-electron chi connectivity index (χ2n) is 5.47. The first kappa shape index (κ1) is 14.8. The van der Waals surface area contributed by atoms with E-state index < -0.39 is 10.9 Å². The maximum absolute atomic E-state index is 11.6. The largest absolute Gasteiger partial charge is 0.478 e. The normalized spacial score (nSPS) is 11.0. The fourth-order valence-electron chi connectivity index (χ4n) is 2.73. The van der Waals surface area contributed by atoms with Gasteiger partial charge in [-0.3, -0.25) is 10.1 Å². The van der Waals surface area contributed by atoms with Crippen LogP contribution in [-0.4, -0.2) is 21.0 Å². The van der Waals surface area contributed by atoms with E-state index in [1.54, 1.807) is 24.3 Å². The van der Waals surface area contributed by atoms with Gasteiger partial charge >= 0.3 is 5.97 Å². The topological polar surface area (TPSA) is 106 Å². The van der Waals surface area contributed by atoms with Crippen LogP contribution in [0.5, 0.6) is 0 Å². The molecule has 25 heavy (non-hydrogen) atoms. The number of fused-ring (bicyclic) bond motifs is 2. The van der Waals surface area contributed by atoms with Gasteiger partial charge in [0.1, 0.15) is 11.3 Å². The molecule has 7 nitrogen and oxygen atoms in total. The highest BCUT2D eigenvalue weighted by Gasteiger charge is 2.19. The lowest BCUT2D eigenvalue weighted by Crippen LogP contribution is -2.01. The monoisotopic (exact) mass is 334 g/mol. The molecule has 0 aliphatic carbocycles. The molecule has 7 heteroatoms. The van der Waals surface area contributed by atoms with Crippen LogP contribution in [0.3, 0.4) is 0 Å². The molecule has 0 saturated carbocycles. The zero-order valence-electron chi connectivity index (χ0n) is 12.7. The quantitative estimate of drug-likeness (QED) is 0.443. The minimum absolute atomic E-state index is 0.00672. The molecule has 0 unspecified atom stereocenters. The highest BCUT2D eigenvalue weighted by molar-refractivity contribution is 5.99. The molecule has 4 rings (SSSR count). The van der Waals surface area contributed by atoms with Crippen molar-refractivity contribution in [2.75, 3.05) is 0 Å². The summed E-state index contributed by atoms with van der Waals surface area (Å²) in [7, 11) is 0. The van der Waals surface area contributed by atoms with E-state index in [1.807, 2.05) is 6.07 Å². The summed E-state index contributed by atoms with van der Waals surface area (Å²) in [5.74, 6) is -0.877. The lowest BCUT2D eigenvalue weighted by atomic mass is 10.1. The van der Waals surface area contributed by atoms with Crippen LogP contribution in [0.1, 0.15) is 10.4 Å². The number of para-hydroxylation sites is 1. The van der Waals surface area contributed by atoms with Crippen molar-refractivity contribution in [3.8, 4) is 11.5 Å². The number of aromatic carboxylic acids is 1. The van der Waals surface area contributed by atoms with E-state index in [2.05, 4.69) is 4.98 Å². The average molecular weight is 334 g/mol. The minimum Gasteiger partial charge on any atom is -0.478 e. The Morgan fingerprint density at radius 3 is 2.64 bits per heavy atom. The Bertz CT molecular complexity index is 1160. The van der Waals surface area contributed by atoms with Crippen LogP contribution < -0.4 is 0 Å². The second-order valence-corrected chi connectivity index (χ2v) is 5.47. The van der Waals surface area contributed by atoms with Gasteiger partial charge in [0.25, 0.3) is 5.69 Å². The summed E-state index contributed by atoms with van der Waals surface area (Å²) in [5.41, 5.74) is 1.18. The van der Waals surface area contributed by atoms with Crippen molar-refractivity contribution in [2.45, 2.75) is 0 Å². The van der Waals surface area contributed by atoms with Crippen molar-refractivity contribution in [2.24, 2.45) is 0 Å². The highest BCUT2D eigenvalue weighted by atomic mass is 16.6. The number of nitro benzene ring substituents is 1. The summed E-state index contributed by atoms with van der Waals surface area (Å²) in [6.07, 6.45) is 0. The molecule has 0 saturated heterocycles. The summed E-state index contributed by atoms with van der Waals surface area (Å²) in [5, 5.41) is 21.6. The predicted molar refractivity (Wildman–Crippen MR) is 90.6 cm³/mol. The first-order chi connectivity index (χ1) is 12.0. The number of rotatable bonds is 3. The van der Waals surface area contributed by atoms with E-state index in [-0.39, 0.29) is 22.7 Å². The van der Waals surface area contributed by atoms with E-state index in [9.17, 15) is 20.0 Å². The van der Waals surface area contributed by atoms with Crippen molar-refractivity contribution in [1.29, 1.82) is 0 Å². The van der Waals surface area contributed by atoms with Gasteiger partial charge in [-0.05, 0) is 24.3 Å². The maximum atomic E-state index is 11.6. The number of carboxylic acids is 1. The molecule has 0 bridgehead atoms. The molecule has 2 aromatic heterocycles. The number of furan rings is 1. The third-order valence-electron chi connectivity index (χ3n) is 3.90. The molecular weight excluding hydrogens is 324 g/mol. The molecule has 1 N–H and O–H groups in total. The van der Waals surface area contributed by atoms with Crippen molar-refractivity contribution in [3.05, 3.63) is 70.3 Å². The SMILES string of the molecule is O=C(O)c1cc2ccccc2nc1-c1cc2cc([N+](=O)[O-])ccc2o1. The standard InChI is InChI=1S/C18H10N2O5/c21-18(22)13-8-10-3-1-2-4-14(10)19-17(13)16-9-11-7-12(20(23)24)5-6-15(11)25-16/h1-9H,(H,21,22). The fraction of sp³-hybridized carbons (Fsp3) is 0. The number of carboxylic acid groups (broad SMARTS) is 1. The van der Waals surface area contributed by atoms with Gasteiger partial charge in [0, 0.05) is 22.9 Å². The molecule has 0 spiro atoms. The fourth-order valence-corrected chi connectivity index (χ4v) is 2.73. The summed E-state index contributed by atoms with van der Waals surface area (Å²) in [6.45, 7) is 0. The number of nitrogens with zero attached hydrogens (tertiary/aromatic N) is 2. The zero-order chi connectivity index (χ0) is 17.6. The Morgan fingerprint density at radius 2 is 1.88 bits per heavy atom. The highest BCUT2D eigenvalue weighted by Crippen LogP contribution is 2.32. The molecule has 0 aliphatic heterocycles. The van der Waals surface area contributed by atoms with E-state index in [0.717, 1.165) is 0 Å². The number of hydrogen-bond donors (Lipinski definition) is 1. The number of aromatic nitrogens is 1. The first-order valence-corrected chi connectivity index (χ1v) is 7.34. The Morgan fingerprint density at radius 1 is 1.08 bits per heavy atom. The lowest BCUT2D eigenvalue weighted by molar-refractivity contribution is -0.384. The molecule has 2 aromatic carbocycles. The minimum atomic E-state index is -1.13. The molecule has 0 radical (unpaired) electrons. The summed E-state index contributed by atoms with van der Waals surface area (Å²) in [4.78, 5) is 26.4. The molecule has 122 valence electrons. The van der Waals surface area contributed by atoms with Crippen molar-refractivity contribution >= 4 is 33.5 Å². The Hall–Kier alpha value is -3.74. The molecular formula is C18H10N2O5. The van der Waals surface area contributed by atoms with Gasteiger partial charge in [-0.1, -0.05) is 18.2 Å². The molecule has 0 atom stereocenters. The van der Waals surface area contributed by atoms with Crippen LogP contribution in [0.15, 0.2) is 59.0 Å². The van der Waals surface area contributed by atoms with E-state index in [0.29, 0.717) is 21.9 Å². The first-order valence-electron chi connectivity index (χ1n) is 7.34. The molecule has 4 aromatic rings. The van der Waals surface area contributed by atoms with Crippen LogP contribution in [0.4, 0.5) is 5.69 Å². The van der Waals surface area contributed by atoms with Crippen LogP contribution >= 0.6 is 0 Å². The zero-order valence-corrected chi connectivity index (χ0v) is 12.7. The van der Waals surface area contributed by atoms with E-state index in [1.165, 1.54) is 24.3 Å². The van der Waals surface area contributed by atoms with Crippen molar-refractivity contribution in [1.82, 2.24) is 4.98 Å². The summed E-state index contributed by atoms with van der Waals surface area (Å²) >= 11 is 0. The predicted octanol–water partition coefficient (Wildman–Crippen LogP) is 4.25. The van der Waals surface area contributed by atoms with Crippen LogP contribution in [0.25, 0.3) is 33.3 Å². The van der Waals surface area contributed by atoms with Gasteiger partial charge in [0.2, 0.25) is 0 Å².